The number of benzene rings is 1. The summed E-state index contributed by atoms with van der Waals surface area (Å²) in [6, 6.07) is 10.4. The maximum Gasteiger partial charge on any atom is 0.354 e. The maximum absolute atomic E-state index is 11.6. The molecule has 1 aromatic carbocycles. The van der Waals surface area contributed by atoms with Gasteiger partial charge in [0, 0.05) is 23.7 Å². The second-order valence-electron chi connectivity index (χ2n) is 5.14. The Balaban J connectivity index is 1.73. The second kappa shape index (κ2) is 5.95. The van der Waals surface area contributed by atoms with E-state index in [1.54, 1.807) is 11.9 Å². The molecule has 2 heterocycles. The van der Waals surface area contributed by atoms with Gasteiger partial charge in [0.25, 0.3) is 0 Å². The van der Waals surface area contributed by atoms with Crippen LogP contribution >= 0.6 is 11.9 Å². The molecule has 0 spiro atoms. The summed E-state index contributed by atoms with van der Waals surface area (Å²) in [6.07, 6.45) is 1.07. The second-order valence-corrected chi connectivity index (χ2v) is 6.28. The summed E-state index contributed by atoms with van der Waals surface area (Å²) in [5.41, 5.74) is 4.34. The largest absolute Gasteiger partial charge is 0.464 e. The minimum absolute atomic E-state index is 0.325. The van der Waals surface area contributed by atoms with E-state index in [1.807, 2.05) is 13.0 Å². The summed E-state index contributed by atoms with van der Waals surface area (Å²) < 4.78 is 7.08. The molecule has 0 fully saturated rings. The van der Waals surface area contributed by atoms with Crippen molar-refractivity contribution in [1.82, 2.24) is 9.29 Å². The van der Waals surface area contributed by atoms with Crippen LogP contribution in [0.5, 0.6) is 0 Å². The number of methoxy groups -OCH3 is 1. The highest BCUT2D eigenvalue weighted by Crippen LogP contribution is 2.31. The number of nitrogens with zero attached hydrogens (tertiary/aromatic N) is 1. The fourth-order valence-corrected chi connectivity index (χ4v) is 3.56. The monoisotopic (exact) mass is 302 g/mol. The molecular weight excluding hydrogens is 284 g/mol. The molecule has 4 nitrogen and oxygen atoms in total. The highest BCUT2D eigenvalue weighted by molar-refractivity contribution is 7.97. The van der Waals surface area contributed by atoms with Gasteiger partial charge in [-0.25, -0.2) is 9.10 Å². The van der Waals surface area contributed by atoms with E-state index >= 15 is 0 Å². The van der Waals surface area contributed by atoms with E-state index in [4.69, 9.17) is 4.74 Å². The van der Waals surface area contributed by atoms with Crippen LogP contribution in [0.25, 0.3) is 0 Å². The number of aryl methyl sites for hydroxylation is 1. The zero-order valence-corrected chi connectivity index (χ0v) is 13.0. The van der Waals surface area contributed by atoms with Crippen molar-refractivity contribution >= 4 is 17.9 Å². The molecule has 0 atom stereocenters. The Morgan fingerprint density at radius 2 is 2.10 bits per heavy atom. The molecule has 0 aliphatic carbocycles. The van der Waals surface area contributed by atoms with Crippen LogP contribution in [0.1, 0.15) is 27.3 Å². The molecule has 0 radical (unpaired) electrons. The third-order valence-electron chi connectivity index (χ3n) is 3.70. The van der Waals surface area contributed by atoms with Crippen LogP contribution in [0, 0.1) is 6.92 Å². The lowest BCUT2D eigenvalue weighted by Gasteiger charge is -2.27. The number of hydrogen-bond donors (Lipinski definition) is 1. The number of H-pyrrole nitrogens is 1. The molecule has 21 heavy (non-hydrogen) atoms. The summed E-state index contributed by atoms with van der Waals surface area (Å²) in [5, 5.41) is 0. The Morgan fingerprint density at radius 3 is 2.86 bits per heavy atom. The fraction of sp³-hybridized carbons (Fsp3) is 0.312. The maximum atomic E-state index is 11.6. The van der Waals surface area contributed by atoms with Crippen molar-refractivity contribution in [3.05, 3.63) is 52.8 Å². The Labute approximate surface area is 128 Å². The van der Waals surface area contributed by atoms with Crippen molar-refractivity contribution < 1.29 is 9.53 Å². The van der Waals surface area contributed by atoms with E-state index in [2.05, 4.69) is 33.6 Å². The smallest absolute Gasteiger partial charge is 0.354 e. The van der Waals surface area contributed by atoms with Gasteiger partial charge in [0.15, 0.2) is 0 Å². The first kappa shape index (κ1) is 14.2. The highest BCUT2D eigenvalue weighted by Gasteiger charge is 2.19. The van der Waals surface area contributed by atoms with Crippen molar-refractivity contribution in [2.45, 2.75) is 24.8 Å². The number of esters is 1. The van der Waals surface area contributed by atoms with E-state index in [-0.39, 0.29) is 5.97 Å². The van der Waals surface area contributed by atoms with Gasteiger partial charge in [-0.1, -0.05) is 24.3 Å². The molecule has 1 aliphatic rings. The van der Waals surface area contributed by atoms with Crippen LogP contribution in [-0.4, -0.2) is 28.9 Å². The van der Waals surface area contributed by atoms with Gasteiger partial charge in [0.1, 0.15) is 5.69 Å². The number of rotatable bonds is 3. The number of ether oxygens (including phenoxy) is 1. The SMILES string of the molecule is COC(=O)c1cc(SN2CCc3ccccc3C2)c(C)[nH]1. The first-order valence-electron chi connectivity index (χ1n) is 6.95. The Bertz CT molecular complexity index is 666. The molecule has 0 saturated carbocycles. The normalized spacial score (nSPS) is 14.8. The first-order chi connectivity index (χ1) is 10.2. The van der Waals surface area contributed by atoms with Gasteiger partial charge in [0.2, 0.25) is 0 Å². The molecule has 0 bridgehead atoms. The van der Waals surface area contributed by atoms with Crippen molar-refractivity contribution in [1.29, 1.82) is 0 Å². The van der Waals surface area contributed by atoms with Gasteiger partial charge >= 0.3 is 5.97 Å². The van der Waals surface area contributed by atoms with E-state index in [0.717, 1.165) is 30.1 Å². The van der Waals surface area contributed by atoms with Gasteiger partial charge in [-0.2, -0.15) is 0 Å². The number of nitrogens with one attached hydrogen (secondary N) is 1. The average Bonchev–Trinajstić information content (AvgIpc) is 2.87. The molecule has 0 amide bonds. The molecule has 2 aromatic rings. The van der Waals surface area contributed by atoms with Crippen LogP contribution in [0.4, 0.5) is 0 Å². The fourth-order valence-electron chi connectivity index (χ4n) is 2.54. The van der Waals surface area contributed by atoms with E-state index in [9.17, 15) is 4.79 Å². The van der Waals surface area contributed by atoms with Crippen molar-refractivity contribution in [3.8, 4) is 0 Å². The zero-order valence-electron chi connectivity index (χ0n) is 12.2. The van der Waals surface area contributed by atoms with E-state index in [0.29, 0.717) is 5.69 Å². The predicted molar refractivity (Wildman–Crippen MR) is 83.3 cm³/mol. The Morgan fingerprint density at radius 1 is 1.33 bits per heavy atom. The predicted octanol–water partition coefficient (Wildman–Crippen LogP) is 3.18. The summed E-state index contributed by atoms with van der Waals surface area (Å²) >= 11 is 1.70. The summed E-state index contributed by atoms with van der Waals surface area (Å²) in [6.45, 7) is 3.92. The quantitative estimate of drug-likeness (QED) is 0.699. The summed E-state index contributed by atoms with van der Waals surface area (Å²) in [7, 11) is 1.40. The van der Waals surface area contributed by atoms with Crippen LogP contribution in [-0.2, 0) is 17.7 Å². The number of aromatic nitrogens is 1. The van der Waals surface area contributed by atoms with Crippen molar-refractivity contribution in [2.24, 2.45) is 0 Å². The molecule has 0 saturated heterocycles. The van der Waals surface area contributed by atoms with Gasteiger partial charge in [-0.05, 0) is 42.5 Å². The van der Waals surface area contributed by atoms with Gasteiger partial charge < -0.3 is 9.72 Å². The number of hydrogen-bond acceptors (Lipinski definition) is 4. The number of fused-ring (bicyclic) bond motifs is 1. The van der Waals surface area contributed by atoms with E-state index in [1.165, 1.54) is 18.2 Å². The number of carbonyl (C=O) groups is 1. The molecule has 1 aliphatic heterocycles. The number of aromatic amines is 1. The van der Waals surface area contributed by atoms with Crippen molar-refractivity contribution in [2.75, 3.05) is 13.7 Å². The Kier molecular flexibility index (Phi) is 4.03. The van der Waals surface area contributed by atoms with Gasteiger partial charge in [-0.15, -0.1) is 0 Å². The molecular formula is C16H18N2O2S. The van der Waals surface area contributed by atoms with E-state index < -0.39 is 0 Å². The summed E-state index contributed by atoms with van der Waals surface area (Å²) in [4.78, 5) is 15.7. The first-order valence-corrected chi connectivity index (χ1v) is 7.72. The Hall–Kier alpha value is -1.72. The molecule has 1 N–H and O–H groups in total. The van der Waals surface area contributed by atoms with Gasteiger partial charge in [0.05, 0.1) is 7.11 Å². The molecule has 5 heteroatoms. The highest BCUT2D eigenvalue weighted by atomic mass is 32.2. The van der Waals surface area contributed by atoms with Crippen molar-refractivity contribution in [3.63, 3.8) is 0 Å². The molecule has 0 unspecified atom stereocenters. The van der Waals surface area contributed by atoms with Crippen LogP contribution < -0.4 is 0 Å². The topological polar surface area (TPSA) is 45.3 Å². The lowest BCUT2D eigenvalue weighted by Crippen LogP contribution is -2.24. The number of carbonyl (C=O) groups excluding carboxylic acids is 1. The standard InChI is InChI=1S/C16H18N2O2S/c1-11-15(9-14(17-11)16(19)20-2)21-18-8-7-12-5-3-4-6-13(12)10-18/h3-6,9,17H,7-8,10H2,1-2H3. The molecule has 1 aromatic heterocycles. The molecule has 110 valence electrons. The van der Waals surface area contributed by atoms with Crippen LogP contribution in [0.3, 0.4) is 0 Å². The average molecular weight is 302 g/mol. The minimum Gasteiger partial charge on any atom is -0.464 e. The third kappa shape index (κ3) is 2.99. The van der Waals surface area contributed by atoms with Crippen LogP contribution in [0.2, 0.25) is 0 Å². The molecule has 3 rings (SSSR count). The lowest BCUT2D eigenvalue weighted by molar-refractivity contribution is 0.0594. The summed E-state index contributed by atoms with van der Waals surface area (Å²) in [5.74, 6) is -0.325. The zero-order chi connectivity index (χ0) is 14.8. The third-order valence-corrected chi connectivity index (χ3v) is 4.89. The van der Waals surface area contributed by atoms with Crippen LogP contribution in [0.15, 0.2) is 35.2 Å². The minimum atomic E-state index is -0.325. The lowest BCUT2D eigenvalue weighted by atomic mass is 10.0. The van der Waals surface area contributed by atoms with Gasteiger partial charge in [-0.3, -0.25) is 0 Å².